The third-order valence-corrected chi connectivity index (χ3v) is 1.73. The van der Waals surface area contributed by atoms with Gasteiger partial charge in [0.15, 0.2) is 0 Å². The van der Waals surface area contributed by atoms with Crippen molar-refractivity contribution in [2.45, 2.75) is 25.2 Å². The molecule has 0 spiro atoms. The molecule has 0 saturated heterocycles. The number of rotatable bonds is 3. The lowest BCUT2D eigenvalue weighted by Gasteiger charge is -1.84. The van der Waals surface area contributed by atoms with Gasteiger partial charge in [0.05, 0.1) is 0 Å². The summed E-state index contributed by atoms with van der Waals surface area (Å²) in [4.78, 5) is 0. The van der Waals surface area contributed by atoms with Gasteiger partial charge < -0.3 is 4.42 Å². The summed E-state index contributed by atoms with van der Waals surface area (Å²) in [6.45, 7) is 3.60. The van der Waals surface area contributed by atoms with Gasteiger partial charge in [0.2, 0.25) is 11.8 Å². The number of aromatic nitrogens is 2. The fourth-order valence-corrected chi connectivity index (χ4v) is 0.968. The van der Waals surface area contributed by atoms with Gasteiger partial charge in [-0.15, -0.1) is 16.8 Å². The summed E-state index contributed by atoms with van der Waals surface area (Å²) in [6.07, 6.45) is 4.86. The van der Waals surface area contributed by atoms with E-state index in [1.807, 2.05) is 0 Å². The van der Waals surface area contributed by atoms with E-state index in [4.69, 9.17) is 4.42 Å². The first-order valence-corrected chi connectivity index (χ1v) is 3.83. The minimum atomic E-state index is 0.557. The molecule has 58 valence electrons. The van der Waals surface area contributed by atoms with Crippen molar-refractivity contribution in [2.24, 2.45) is 0 Å². The van der Waals surface area contributed by atoms with Crippen LogP contribution in [0, 0.1) is 0 Å². The van der Waals surface area contributed by atoms with Crippen LogP contribution in [-0.4, -0.2) is 10.2 Å². The molecule has 0 aromatic carbocycles. The molecule has 0 radical (unpaired) electrons. The number of allylic oxidation sites excluding steroid dienone is 1. The first-order chi connectivity index (χ1) is 5.40. The van der Waals surface area contributed by atoms with Crippen LogP contribution < -0.4 is 0 Å². The van der Waals surface area contributed by atoms with E-state index < -0.39 is 0 Å². The summed E-state index contributed by atoms with van der Waals surface area (Å²) in [5, 5.41) is 7.81. The van der Waals surface area contributed by atoms with Crippen molar-refractivity contribution in [3.63, 3.8) is 0 Å². The molecule has 1 heterocycles. The van der Waals surface area contributed by atoms with Gasteiger partial charge >= 0.3 is 0 Å². The van der Waals surface area contributed by atoms with Crippen LogP contribution in [0.25, 0.3) is 0 Å². The number of hydrogen-bond acceptors (Lipinski definition) is 3. The number of nitrogens with zero attached hydrogens (tertiary/aromatic N) is 2. The monoisotopic (exact) mass is 150 g/mol. The summed E-state index contributed by atoms with van der Waals surface area (Å²) >= 11 is 0. The van der Waals surface area contributed by atoms with Crippen LogP contribution in [0.5, 0.6) is 0 Å². The van der Waals surface area contributed by atoms with Gasteiger partial charge in [0.25, 0.3) is 0 Å². The third-order valence-electron chi connectivity index (χ3n) is 1.73. The summed E-state index contributed by atoms with van der Waals surface area (Å²) in [6, 6.07) is 0. The van der Waals surface area contributed by atoms with E-state index in [9.17, 15) is 0 Å². The molecule has 1 saturated carbocycles. The Morgan fingerprint density at radius 1 is 1.55 bits per heavy atom. The molecular formula is C8H10N2O. The molecule has 0 aliphatic heterocycles. The predicted molar refractivity (Wildman–Crippen MR) is 40.2 cm³/mol. The average Bonchev–Trinajstić information content (AvgIpc) is 2.75. The fourth-order valence-electron chi connectivity index (χ4n) is 0.968. The Hall–Kier alpha value is -1.12. The third kappa shape index (κ3) is 1.31. The zero-order valence-corrected chi connectivity index (χ0v) is 6.29. The summed E-state index contributed by atoms with van der Waals surface area (Å²) in [5.41, 5.74) is 0. The molecule has 0 unspecified atom stereocenters. The van der Waals surface area contributed by atoms with Gasteiger partial charge in [-0.3, -0.25) is 0 Å². The zero-order chi connectivity index (χ0) is 7.68. The minimum Gasteiger partial charge on any atom is -0.425 e. The van der Waals surface area contributed by atoms with Gasteiger partial charge in [-0.25, -0.2) is 0 Å². The van der Waals surface area contributed by atoms with Crippen LogP contribution in [0.15, 0.2) is 17.1 Å². The van der Waals surface area contributed by atoms with Crippen molar-refractivity contribution in [1.29, 1.82) is 0 Å². The van der Waals surface area contributed by atoms with Gasteiger partial charge in [0, 0.05) is 12.3 Å². The van der Waals surface area contributed by atoms with Crippen LogP contribution in [0.1, 0.15) is 30.5 Å². The van der Waals surface area contributed by atoms with Crippen molar-refractivity contribution in [1.82, 2.24) is 10.2 Å². The summed E-state index contributed by atoms with van der Waals surface area (Å²) in [7, 11) is 0. The van der Waals surface area contributed by atoms with E-state index in [0.29, 0.717) is 18.2 Å². The van der Waals surface area contributed by atoms with Crippen molar-refractivity contribution in [3.05, 3.63) is 24.4 Å². The van der Waals surface area contributed by atoms with E-state index in [2.05, 4.69) is 16.8 Å². The van der Waals surface area contributed by atoms with Crippen molar-refractivity contribution in [3.8, 4) is 0 Å². The first kappa shape index (κ1) is 6.58. The molecule has 3 nitrogen and oxygen atoms in total. The molecule has 3 heteroatoms. The molecular weight excluding hydrogens is 140 g/mol. The second-order valence-electron chi connectivity index (χ2n) is 2.80. The van der Waals surface area contributed by atoms with Crippen LogP contribution >= 0.6 is 0 Å². The van der Waals surface area contributed by atoms with E-state index >= 15 is 0 Å². The highest BCUT2D eigenvalue weighted by atomic mass is 16.4. The molecule has 1 aliphatic carbocycles. The maximum atomic E-state index is 5.35. The Balaban J connectivity index is 2.11. The van der Waals surface area contributed by atoms with Crippen LogP contribution in [0.4, 0.5) is 0 Å². The molecule has 0 amide bonds. The van der Waals surface area contributed by atoms with Crippen LogP contribution in [0.3, 0.4) is 0 Å². The molecule has 0 atom stereocenters. The predicted octanol–water partition coefficient (Wildman–Crippen LogP) is 1.68. The topological polar surface area (TPSA) is 38.9 Å². The second-order valence-corrected chi connectivity index (χ2v) is 2.80. The van der Waals surface area contributed by atoms with E-state index in [-0.39, 0.29) is 0 Å². The lowest BCUT2D eigenvalue weighted by Crippen LogP contribution is -1.78. The van der Waals surface area contributed by atoms with E-state index in [0.717, 1.165) is 5.89 Å². The normalized spacial score (nSPS) is 16.7. The Labute approximate surface area is 65.1 Å². The highest BCUT2D eigenvalue weighted by Crippen LogP contribution is 2.38. The Bertz CT molecular complexity index is 263. The van der Waals surface area contributed by atoms with Gasteiger partial charge in [-0.2, -0.15) is 0 Å². The van der Waals surface area contributed by atoms with E-state index in [1.54, 1.807) is 6.08 Å². The quantitative estimate of drug-likeness (QED) is 0.615. The van der Waals surface area contributed by atoms with Crippen LogP contribution in [-0.2, 0) is 6.42 Å². The molecule has 0 N–H and O–H groups in total. The second kappa shape index (κ2) is 2.49. The fraction of sp³-hybridized carbons (Fsp3) is 0.500. The molecule has 1 aromatic heterocycles. The van der Waals surface area contributed by atoms with Gasteiger partial charge in [-0.1, -0.05) is 6.08 Å². The summed E-state index contributed by atoms with van der Waals surface area (Å²) in [5.74, 6) is 2.05. The van der Waals surface area contributed by atoms with Gasteiger partial charge in [0.1, 0.15) is 0 Å². The smallest absolute Gasteiger partial charge is 0.220 e. The Morgan fingerprint density at radius 3 is 3.00 bits per heavy atom. The number of hydrogen-bond donors (Lipinski definition) is 0. The maximum absolute atomic E-state index is 5.35. The largest absolute Gasteiger partial charge is 0.425 e. The minimum absolute atomic E-state index is 0.557. The van der Waals surface area contributed by atoms with Crippen molar-refractivity contribution < 1.29 is 4.42 Å². The molecule has 1 aromatic rings. The molecule has 2 rings (SSSR count). The standard InChI is InChI=1S/C8H10N2O/c1-2-3-7-9-10-8(11-7)6-4-5-6/h2,6H,1,3-5H2. The van der Waals surface area contributed by atoms with Gasteiger partial charge in [-0.05, 0) is 12.8 Å². The molecule has 1 fully saturated rings. The Morgan fingerprint density at radius 2 is 2.36 bits per heavy atom. The Kier molecular flexibility index (Phi) is 1.49. The molecule has 11 heavy (non-hydrogen) atoms. The van der Waals surface area contributed by atoms with Crippen molar-refractivity contribution in [2.75, 3.05) is 0 Å². The lowest BCUT2D eigenvalue weighted by atomic mass is 10.4. The molecule has 1 aliphatic rings. The average molecular weight is 150 g/mol. The highest BCUT2D eigenvalue weighted by Gasteiger charge is 2.29. The summed E-state index contributed by atoms with van der Waals surface area (Å²) < 4.78 is 5.35. The van der Waals surface area contributed by atoms with E-state index in [1.165, 1.54) is 12.8 Å². The first-order valence-electron chi connectivity index (χ1n) is 3.83. The maximum Gasteiger partial charge on any atom is 0.220 e. The molecule has 0 bridgehead atoms. The SMILES string of the molecule is C=CCc1nnc(C2CC2)o1. The van der Waals surface area contributed by atoms with Crippen LogP contribution in [0.2, 0.25) is 0 Å². The zero-order valence-electron chi connectivity index (χ0n) is 6.29. The lowest BCUT2D eigenvalue weighted by molar-refractivity contribution is 0.460. The highest BCUT2D eigenvalue weighted by molar-refractivity contribution is 5.00. The van der Waals surface area contributed by atoms with Crippen molar-refractivity contribution >= 4 is 0 Å².